The quantitative estimate of drug-likeness (QED) is 0.895. The molecule has 1 saturated heterocycles. The minimum atomic E-state index is -0.362. The lowest BCUT2D eigenvalue weighted by Gasteiger charge is -2.36. The van der Waals surface area contributed by atoms with Crippen molar-refractivity contribution in [3.05, 3.63) is 41.3 Å². The number of carbonyl (C=O) groups excluding carboxylic acids is 1. The van der Waals surface area contributed by atoms with Gasteiger partial charge in [0.05, 0.1) is 11.2 Å². The molecule has 1 aliphatic rings. The zero-order valence-electron chi connectivity index (χ0n) is 13.8. The summed E-state index contributed by atoms with van der Waals surface area (Å²) in [7, 11) is 3.64. The van der Waals surface area contributed by atoms with Crippen LogP contribution in [0.3, 0.4) is 0 Å². The van der Waals surface area contributed by atoms with Gasteiger partial charge in [0, 0.05) is 51.2 Å². The number of rotatable bonds is 4. The summed E-state index contributed by atoms with van der Waals surface area (Å²) < 4.78 is 1.71. The van der Waals surface area contributed by atoms with Crippen LogP contribution in [0.2, 0.25) is 5.02 Å². The molecule has 0 bridgehead atoms. The van der Waals surface area contributed by atoms with Gasteiger partial charge in [-0.25, -0.2) is 4.98 Å². The average molecular weight is 349 g/mol. The van der Waals surface area contributed by atoms with Crippen LogP contribution >= 0.6 is 11.6 Å². The number of amides is 1. The Balaban J connectivity index is 1.63. The number of piperazine rings is 1. The van der Waals surface area contributed by atoms with Gasteiger partial charge in [0.25, 0.3) is 0 Å². The molecule has 2 aromatic heterocycles. The van der Waals surface area contributed by atoms with E-state index in [0.29, 0.717) is 18.1 Å². The Kier molecular flexibility index (Phi) is 5.01. The molecule has 0 radical (unpaired) electrons. The standard InChI is InChI=1S/C16H21ClN6O/c1-18-15(12-9-20-21(2)11-12)16(24)23-7-5-22(6-8-23)14-4-3-13(17)10-19-14/h3-4,9-11,15,18H,5-8H2,1-2H3. The lowest BCUT2D eigenvalue weighted by atomic mass is 10.1. The minimum Gasteiger partial charge on any atom is -0.353 e. The van der Waals surface area contributed by atoms with E-state index >= 15 is 0 Å². The summed E-state index contributed by atoms with van der Waals surface area (Å²) in [5.41, 5.74) is 0.881. The molecule has 1 aliphatic heterocycles. The van der Waals surface area contributed by atoms with Gasteiger partial charge in [0.2, 0.25) is 5.91 Å². The topological polar surface area (TPSA) is 66.3 Å². The molecule has 1 N–H and O–H groups in total. The molecule has 1 unspecified atom stereocenters. The molecule has 3 rings (SSSR count). The van der Waals surface area contributed by atoms with Gasteiger partial charge in [-0.05, 0) is 19.2 Å². The second kappa shape index (κ2) is 7.19. The lowest BCUT2D eigenvalue weighted by molar-refractivity contribution is -0.133. The third kappa shape index (κ3) is 3.52. The molecule has 3 heterocycles. The predicted octanol–water partition coefficient (Wildman–Crippen LogP) is 1.08. The number of aromatic nitrogens is 3. The van der Waals surface area contributed by atoms with Crippen molar-refractivity contribution in [1.29, 1.82) is 0 Å². The molecule has 0 aliphatic carbocycles. The summed E-state index contributed by atoms with van der Waals surface area (Å²) in [6, 6.07) is 3.38. The van der Waals surface area contributed by atoms with Gasteiger partial charge in [-0.3, -0.25) is 9.48 Å². The number of nitrogens with one attached hydrogen (secondary N) is 1. The number of hydrogen-bond donors (Lipinski definition) is 1. The van der Waals surface area contributed by atoms with Crippen LogP contribution in [0.15, 0.2) is 30.7 Å². The maximum atomic E-state index is 12.8. The highest BCUT2D eigenvalue weighted by Gasteiger charge is 2.28. The van der Waals surface area contributed by atoms with Crippen LogP contribution in [-0.4, -0.2) is 58.8 Å². The number of halogens is 1. The summed E-state index contributed by atoms with van der Waals surface area (Å²) >= 11 is 5.88. The summed E-state index contributed by atoms with van der Waals surface area (Å²) in [6.07, 6.45) is 5.24. The highest BCUT2D eigenvalue weighted by molar-refractivity contribution is 6.30. The van der Waals surface area contributed by atoms with Crippen LogP contribution < -0.4 is 10.2 Å². The number of hydrogen-bond acceptors (Lipinski definition) is 5. The maximum absolute atomic E-state index is 12.8. The van der Waals surface area contributed by atoms with E-state index in [4.69, 9.17) is 11.6 Å². The maximum Gasteiger partial charge on any atom is 0.244 e. The molecule has 24 heavy (non-hydrogen) atoms. The molecular weight excluding hydrogens is 328 g/mol. The van der Waals surface area contributed by atoms with E-state index in [-0.39, 0.29) is 11.9 Å². The molecule has 1 atom stereocenters. The van der Waals surface area contributed by atoms with Crippen molar-refractivity contribution in [2.45, 2.75) is 6.04 Å². The first-order valence-electron chi connectivity index (χ1n) is 7.89. The number of aryl methyl sites for hydroxylation is 1. The second-order valence-electron chi connectivity index (χ2n) is 5.82. The third-order valence-electron chi connectivity index (χ3n) is 4.22. The van der Waals surface area contributed by atoms with Crippen molar-refractivity contribution in [3.8, 4) is 0 Å². The molecule has 0 aromatic carbocycles. The van der Waals surface area contributed by atoms with Crippen molar-refractivity contribution in [1.82, 2.24) is 25.0 Å². The van der Waals surface area contributed by atoms with Gasteiger partial charge in [-0.2, -0.15) is 5.10 Å². The van der Waals surface area contributed by atoms with Crippen molar-refractivity contribution < 1.29 is 4.79 Å². The fourth-order valence-corrected chi connectivity index (χ4v) is 3.03. The van der Waals surface area contributed by atoms with E-state index in [0.717, 1.165) is 24.5 Å². The van der Waals surface area contributed by atoms with Crippen LogP contribution in [0.1, 0.15) is 11.6 Å². The van der Waals surface area contributed by atoms with E-state index in [1.165, 1.54) is 0 Å². The first kappa shape index (κ1) is 16.7. The van der Waals surface area contributed by atoms with E-state index in [2.05, 4.69) is 20.3 Å². The van der Waals surface area contributed by atoms with Crippen LogP contribution in [0.5, 0.6) is 0 Å². The molecule has 0 spiro atoms. The first-order valence-corrected chi connectivity index (χ1v) is 8.27. The van der Waals surface area contributed by atoms with Gasteiger partial charge in [-0.1, -0.05) is 11.6 Å². The molecule has 2 aromatic rings. The summed E-state index contributed by atoms with van der Waals surface area (Å²) in [5.74, 6) is 0.971. The van der Waals surface area contributed by atoms with E-state index in [1.54, 1.807) is 24.1 Å². The largest absolute Gasteiger partial charge is 0.353 e. The van der Waals surface area contributed by atoms with Crippen LogP contribution in [0.4, 0.5) is 5.82 Å². The molecule has 0 saturated carbocycles. The highest BCUT2D eigenvalue weighted by atomic mass is 35.5. The Morgan fingerprint density at radius 1 is 1.25 bits per heavy atom. The molecule has 8 heteroatoms. The predicted molar refractivity (Wildman–Crippen MR) is 93.0 cm³/mol. The Bertz CT molecular complexity index is 693. The van der Waals surface area contributed by atoms with Crippen molar-refractivity contribution in [3.63, 3.8) is 0 Å². The first-order chi connectivity index (χ1) is 11.6. The minimum absolute atomic E-state index is 0.0780. The lowest BCUT2D eigenvalue weighted by Crippen LogP contribution is -2.51. The SMILES string of the molecule is CNC(C(=O)N1CCN(c2ccc(Cl)cn2)CC1)c1cnn(C)c1. The second-order valence-corrected chi connectivity index (χ2v) is 6.25. The van der Waals surface area contributed by atoms with E-state index < -0.39 is 0 Å². The van der Waals surface area contributed by atoms with Crippen LogP contribution in [0, 0.1) is 0 Å². The smallest absolute Gasteiger partial charge is 0.244 e. The summed E-state index contributed by atoms with van der Waals surface area (Å²) in [4.78, 5) is 21.2. The number of likely N-dealkylation sites (N-methyl/N-ethyl adjacent to an activating group) is 1. The number of anilines is 1. The third-order valence-corrected chi connectivity index (χ3v) is 4.44. The van der Waals surface area contributed by atoms with Crippen molar-refractivity contribution in [2.75, 3.05) is 38.1 Å². The molecule has 128 valence electrons. The Labute approximate surface area is 146 Å². The Morgan fingerprint density at radius 2 is 2.00 bits per heavy atom. The van der Waals surface area contributed by atoms with Crippen LogP contribution in [-0.2, 0) is 11.8 Å². The number of carbonyl (C=O) groups is 1. The van der Waals surface area contributed by atoms with Gasteiger partial charge >= 0.3 is 0 Å². The molecule has 1 amide bonds. The van der Waals surface area contributed by atoms with E-state index in [9.17, 15) is 4.79 Å². The fraction of sp³-hybridized carbons (Fsp3) is 0.438. The summed E-state index contributed by atoms with van der Waals surface area (Å²) in [5, 5.41) is 7.87. The summed E-state index contributed by atoms with van der Waals surface area (Å²) in [6.45, 7) is 2.84. The van der Waals surface area contributed by atoms with Crippen LogP contribution in [0.25, 0.3) is 0 Å². The average Bonchev–Trinajstić information content (AvgIpc) is 3.02. The normalized spacial score (nSPS) is 16.3. The highest BCUT2D eigenvalue weighted by Crippen LogP contribution is 2.19. The van der Waals surface area contributed by atoms with Gasteiger partial charge in [-0.15, -0.1) is 0 Å². The van der Waals surface area contributed by atoms with Crippen molar-refractivity contribution in [2.24, 2.45) is 7.05 Å². The number of nitrogens with zero attached hydrogens (tertiary/aromatic N) is 5. The molecule has 1 fully saturated rings. The monoisotopic (exact) mass is 348 g/mol. The molecular formula is C16H21ClN6O. The zero-order valence-corrected chi connectivity index (χ0v) is 14.6. The fourth-order valence-electron chi connectivity index (χ4n) is 2.92. The zero-order chi connectivity index (χ0) is 17.1. The van der Waals surface area contributed by atoms with Gasteiger partial charge in [0.1, 0.15) is 11.9 Å². The molecule has 7 nitrogen and oxygen atoms in total. The van der Waals surface area contributed by atoms with E-state index in [1.807, 2.05) is 30.3 Å². The Hall–Kier alpha value is -2.12. The van der Waals surface area contributed by atoms with Gasteiger partial charge in [0.15, 0.2) is 0 Å². The Morgan fingerprint density at radius 3 is 2.54 bits per heavy atom. The number of pyridine rings is 1. The van der Waals surface area contributed by atoms with Gasteiger partial charge < -0.3 is 15.1 Å². The van der Waals surface area contributed by atoms with Crippen molar-refractivity contribution >= 4 is 23.3 Å².